The SMILES string of the molecule is Cc1nnc(-c2nn(-c3ccc(C(=O)NCC(C)C)cc3)c(-c3ccc(F)cc3)c2C)o1. The van der Waals surface area contributed by atoms with E-state index < -0.39 is 0 Å². The van der Waals surface area contributed by atoms with Crippen molar-refractivity contribution >= 4 is 5.91 Å². The van der Waals surface area contributed by atoms with E-state index in [1.165, 1.54) is 12.1 Å². The van der Waals surface area contributed by atoms with E-state index in [0.29, 0.717) is 35.5 Å². The van der Waals surface area contributed by atoms with Crippen LogP contribution in [0.1, 0.15) is 35.7 Å². The van der Waals surface area contributed by atoms with Crippen LogP contribution in [0.3, 0.4) is 0 Å². The summed E-state index contributed by atoms with van der Waals surface area (Å²) in [6.45, 7) is 8.32. The van der Waals surface area contributed by atoms with Crippen molar-refractivity contribution < 1.29 is 13.6 Å². The van der Waals surface area contributed by atoms with Crippen LogP contribution in [-0.2, 0) is 0 Å². The summed E-state index contributed by atoms with van der Waals surface area (Å²) in [6.07, 6.45) is 0. The van der Waals surface area contributed by atoms with Gasteiger partial charge in [-0.05, 0) is 61.4 Å². The number of benzene rings is 2. The second kappa shape index (κ2) is 8.74. The summed E-state index contributed by atoms with van der Waals surface area (Å²) in [4.78, 5) is 12.4. The minimum Gasteiger partial charge on any atom is -0.420 e. The number of aromatic nitrogens is 4. The second-order valence-electron chi connectivity index (χ2n) is 8.02. The van der Waals surface area contributed by atoms with Gasteiger partial charge in [-0.3, -0.25) is 4.79 Å². The highest BCUT2D eigenvalue weighted by atomic mass is 19.1. The minimum absolute atomic E-state index is 0.123. The highest BCUT2D eigenvalue weighted by Gasteiger charge is 2.22. The van der Waals surface area contributed by atoms with Gasteiger partial charge in [0.05, 0.1) is 11.4 Å². The van der Waals surface area contributed by atoms with Gasteiger partial charge in [-0.15, -0.1) is 10.2 Å². The molecule has 2 heterocycles. The number of carbonyl (C=O) groups excluding carboxylic acids is 1. The number of nitrogens with one attached hydrogen (secondary N) is 1. The zero-order chi connectivity index (χ0) is 22.8. The van der Waals surface area contributed by atoms with Crippen molar-refractivity contribution in [3.05, 3.63) is 71.4 Å². The Morgan fingerprint density at radius 3 is 2.34 bits per heavy atom. The van der Waals surface area contributed by atoms with Gasteiger partial charge in [-0.25, -0.2) is 9.07 Å². The Bertz CT molecular complexity index is 1240. The van der Waals surface area contributed by atoms with Crippen LogP contribution in [0.25, 0.3) is 28.5 Å². The van der Waals surface area contributed by atoms with Gasteiger partial charge in [0.2, 0.25) is 5.89 Å². The van der Waals surface area contributed by atoms with Crippen molar-refractivity contribution in [1.29, 1.82) is 0 Å². The minimum atomic E-state index is -0.318. The van der Waals surface area contributed by atoms with Crippen LogP contribution in [0.5, 0.6) is 0 Å². The molecule has 7 nitrogen and oxygen atoms in total. The first-order chi connectivity index (χ1) is 15.3. The number of aryl methyl sites for hydroxylation is 1. The van der Waals surface area contributed by atoms with Gasteiger partial charge in [0.25, 0.3) is 11.8 Å². The van der Waals surface area contributed by atoms with Crippen LogP contribution in [-0.4, -0.2) is 32.4 Å². The van der Waals surface area contributed by atoms with Gasteiger partial charge in [0.15, 0.2) is 5.69 Å². The lowest BCUT2D eigenvalue weighted by Gasteiger charge is -2.11. The van der Waals surface area contributed by atoms with Crippen LogP contribution >= 0.6 is 0 Å². The molecule has 0 atom stereocenters. The molecule has 0 bridgehead atoms. The van der Waals surface area contributed by atoms with Crippen LogP contribution in [0, 0.1) is 25.6 Å². The number of carbonyl (C=O) groups is 1. The van der Waals surface area contributed by atoms with Gasteiger partial charge >= 0.3 is 0 Å². The average molecular weight is 433 g/mol. The summed E-state index contributed by atoms with van der Waals surface area (Å²) >= 11 is 0. The molecular formula is C24H24FN5O2. The topological polar surface area (TPSA) is 85.8 Å². The molecule has 0 radical (unpaired) electrons. The van der Waals surface area contributed by atoms with Crippen molar-refractivity contribution in [1.82, 2.24) is 25.3 Å². The number of hydrogen-bond donors (Lipinski definition) is 1. The molecule has 164 valence electrons. The monoisotopic (exact) mass is 433 g/mol. The van der Waals surface area contributed by atoms with E-state index in [1.54, 1.807) is 35.9 Å². The third-order valence-electron chi connectivity index (χ3n) is 5.01. The van der Waals surface area contributed by atoms with E-state index in [0.717, 1.165) is 22.5 Å². The molecule has 32 heavy (non-hydrogen) atoms. The Morgan fingerprint density at radius 1 is 1.06 bits per heavy atom. The fraction of sp³-hybridized carbons (Fsp3) is 0.250. The van der Waals surface area contributed by atoms with Crippen molar-refractivity contribution in [2.45, 2.75) is 27.7 Å². The van der Waals surface area contributed by atoms with Gasteiger partial charge in [-0.1, -0.05) is 13.8 Å². The van der Waals surface area contributed by atoms with Gasteiger partial charge in [0.1, 0.15) is 5.82 Å². The van der Waals surface area contributed by atoms with Crippen molar-refractivity contribution in [3.8, 4) is 28.5 Å². The van der Waals surface area contributed by atoms with Gasteiger partial charge in [-0.2, -0.15) is 5.10 Å². The molecule has 0 saturated carbocycles. The van der Waals surface area contributed by atoms with E-state index >= 15 is 0 Å². The molecule has 0 aliphatic heterocycles. The van der Waals surface area contributed by atoms with Crippen LogP contribution in [0.2, 0.25) is 0 Å². The Morgan fingerprint density at radius 2 is 1.75 bits per heavy atom. The van der Waals surface area contributed by atoms with E-state index in [2.05, 4.69) is 15.5 Å². The summed E-state index contributed by atoms with van der Waals surface area (Å²) in [5.41, 5.74) is 4.23. The highest BCUT2D eigenvalue weighted by molar-refractivity contribution is 5.94. The number of rotatable bonds is 6. The maximum atomic E-state index is 13.5. The third kappa shape index (κ3) is 4.30. The number of nitrogens with zero attached hydrogens (tertiary/aromatic N) is 4. The Balaban J connectivity index is 1.77. The summed E-state index contributed by atoms with van der Waals surface area (Å²) in [5, 5.41) is 15.6. The van der Waals surface area contributed by atoms with Crippen LogP contribution in [0.4, 0.5) is 4.39 Å². The van der Waals surface area contributed by atoms with Crippen LogP contribution in [0.15, 0.2) is 52.9 Å². The smallest absolute Gasteiger partial charge is 0.268 e. The summed E-state index contributed by atoms with van der Waals surface area (Å²) in [6, 6.07) is 13.4. The lowest BCUT2D eigenvalue weighted by atomic mass is 10.1. The maximum absolute atomic E-state index is 13.5. The summed E-state index contributed by atoms with van der Waals surface area (Å²) in [5.74, 6) is 0.681. The molecule has 0 fully saturated rings. The maximum Gasteiger partial charge on any atom is 0.268 e. The quantitative estimate of drug-likeness (QED) is 0.475. The largest absolute Gasteiger partial charge is 0.420 e. The molecule has 0 saturated heterocycles. The second-order valence-corrected chi connectivity index (χ2v) is 8.02. The van der Waals surface area contributed by atoms with Crippen LogP contribution < -0.4 is 5.32 Å². The van der Waals surface area contributed by atoms with Crippen molar-refractivity contribution in [2.24, 2.45) is 5.92 Å². The van der Waals surface area contributed by atoms with E-state index in [-0.39, 0.29) is 11.7 Å². The first-order valence-electron chi connectivity index (χ1n) is 10.4. The molecule has 8 heteroatoms. The van der Waals surface area contributed by atoms with E-state index in [4.69, 9.17) is 9.52 Å². The molecule has 4 rings (SSSR count). The number of amides is 1. The van der Waals surface area contributed by atoms with Crippen molar-refractivity contribution in [2.75, 3.05) is 6.54 Å². The predicted molar refractivity (Wildman–Crippen MR) is 119 cm³/mol. The fourth-order valence-electron chi connectivity index (χ4n) is 3.38. The van der Waals surface area contributed by atoms with Gasteiger partial charge < -0.3 is 9.73 Å². The number of halogens is 1. The molecule has 4 aromatic rings. The molecule has 2 aromatic heterocycles. The standard InChI is InChI=1S/C24H24FN5O2/c1-14(2)13-26-23(31)18-7-11-20(12-8-18)30-22(17-5-9-19(25)10-6-17)15(3)21(29-30)24-28-27-16(4)32-24/h5-12,14H,13H2,1-4H3,(H,26,31). The zero-order valence-corrected chi connectivity index (χ0v) is 18.4. The Labute approximate surface area is 185 Å². The van der Waals surface area contributed by atoms with E-state index in [9.17, 15) is 9.18 Å². The molecule has 0 spiro atoms. The molecule has 1 N–H and O–H groups in total. The fourth-order valence-corrected chi connectivity index (χ4v) is 3.38. The summed E-state index contributed by atoms with van der Waals surface area (Å²) < 4.78 is 20.9. The molecule has 2 aromatic carbocycles. The van der Waals surface area contributed by atoms with Gasteiger partial charge in [0, 0.05) is 30.2 Å². The molecule has 0 unspecified atom stereocenters. The number of hydrogen-bond acceptors (Lipinski definition) is 5. The Kier molecular flexibility index (Phi) is 5.85. The average Bonchev–Trinajstić information content (AvgIpc) is 3.36. The first kappa shape index (κ1) is 21.4. The van der Waals surface area contributed by atoms with E-state index in [1.807, 2.05) is 32.9 Å². The lowest BCUT2D eigenvalue weighted by molar-refractivity contribution is 0.0949. The Hall–Kier alpha value is -3.81. The zero-order valence-electron chi connectivity index (χ0n) is 18.4. The molecule has 1 amide bonds. The first-order valence-corrected chi connectivity index (χ1v) is 10.4. The third-order valence-corrected chi connectivity index (χ3v) is 5.01. The highest BCUT2D eigenvalue weighted by Crippen LogP contribution is 2.33. The van der Waals surface area contributed by atoms with Crippen molar-refractivity contribution in [3.63, 3.8) is 0 Å². The molecule has 0 aliphatic carbocycles. The predicted octanol–water partition coefficient (Wildman–Crippen LogP) is 4.73. The lowest BCUT2D eigenvalue weighted by Crippen LogP contribution is -2.27. The molecule has 0 aliphatic rings. The summed E-state index contributed by atoms with van der Waals surface area (Å²) in [7, 11) is 0. The molecular weight excluding hydrogens is 409 g/mol. The normalized spacial score (nSPS) is 11.2.